The molecule has 2 rings (SSSR count). The van der Waals surface area contributed by atoms with Gasteiger partial charge in [0, 0.05) is 7.05 Å². The van der Waals surface area contributed by atoms with Crippen LogP contribution < -0.4 is 19.5 Å². The van der Waals surface area contributed by atoms with Crippen molar-refractivity contribution in [1.82, 2.24) is 9.62 Å². The van der Waals surface area contributed by atoms with Gasteiger partial charge in [0.25, 0.3) is 0 Å². The van der Waals surface area contributed by atoms with E-state index >= 15 is 0 Å². The van der Waals surface area contributed by atoms with Gasteiger partial charge in [-0.3, -0.25) is 4.79 Å². The van der Waals surface area contributed by atoms with Gasteiger partial charge < -0.3 is 19.5 Å². The Bertz CT molecular complexity index is 915. The summed E-state index contributed by atoms with van der Waals surface area (Å²) in [5.74, 6) is 1.28. The van der Waals surface area contributed by atoms with Crippen molar-refractivity contribution in [2.45, 2.75) is 17.9 Å². The summed E-state index contributed by atoms with van der Waals surface area (Å²) < 4.78 is 42.1. The van der Waals surface area contributed by atoms with Crippen LogP contribution in [0, 0.1) is 0 Å². The second kappa shape index (κ2) is 10.1. The maximum Gasteiger partial charge on any atom is 0.243 e. The number of para-hydroxylation sites is 2. The van der Waals surface area contributed by atoms with E-state index in [1.54, 1.807) is 38.3 Å². The zero-order valence-corrected chi connectivity index (χ0v) is 17.7. The lowest BCUT2D eigenvalue weighted by Gasteiger charge is -2.20. The van der Waals surface area contributed by atoms with Gasteiger partial charge in [0.05, 0.1) is 31.7 Å². The molecule has 1 N–H and O–H groups in total. The lowest BCUT2D eigenvalue weighted by atomic mass is 10.3. The van der Waals surface area contributed by atoms with Gasteiger partial charge in [-0.1, -0.05) is 12.1 Å². The first-order valence-corrected chi connectivity index (χ1v) is 10.4. The van der Waals surface area contributed by atoms with Crippen molar-refractivity contribution in [2.75, 3.05) is 34.4 Å². The maximum absolute atomic E-state index is 12.6. The number of carbonyl (C=O) groups is 1. The first-order valence-electron chi connectivity index (χ1n) is 8.93. The number of nitrogens with one attached hydrogen (secondary N) is 1. The number of sulfonamides is 1. The summed E-state index contributed by atoms with van der Waals surface area (Å²) in [6.07, 6.45) is 0. The highest BCUT2D eigenvalue weighted by Gasteiger charge is 2.23. The molecule has 0 spiro atoms. The van der Waals surface area contributed by atoms with E-state index in [1.807, 2.05) is 12.1 Å². The Morgan fingerprint density at radius 2 is 1.66 bits per heavy atom. The number of likely N-dealkylation sites (N-methyl/N-ethyl adjacent to an activating group) is 1. The summed E-state index contributed by atoms with van der Waals surface area (Å²) in [7, 11) is 0.613. The summed E-state index contributed by atoms with van der Waals surface area (Å²) in [4.78, 5) is 12.3. The van der Waals surface area contributed by atoms with Crippen molar-refractivity contribution in [3.63, 3.8) is 0 Å². The predicted molar refractivity (Wildman–Crippen MR) is 109 cm³/mol. The molecule has 0 saturated heterocycles. The minimum absolute atomic E-state index is 0.0844. The molecule has 0 saturated carbocycles. The molecule has 0 heterocycles. The van der Waals surface area contributed by atoms with E-state index in [0.29, 0.717) is 17.2 Å². The van der Waals surface area contributed by atoms with Crippen LogP contribution in [0.1, 0.15) is 6.92 Å². The summed E-state index contributed by atoms with van der Waals surface area (Å²) >= 11 is 0. The van der Waals surface area contributed by atoms with E-state index in [2.05, 4.69) is 5.32 Å². The van der Waals surface area contributed by atoms with Crippen molar-refractivity contribution < 1.29 is 27.4 Å². The molecular formula is C20H26N2O6S. The van der Waals surface area contributed by atoms with Crippen molar-refractivity contribution in [2.24, 2.45) is 0 Å². The topological polar surface area (TPSA) is 94.2 Å². The van der Waals surface area contributed by atoms with Gasteiger partial charge in [-0.25, -0.2) is 8.42 Å². The molecule has 0 fully saturated rings. The lowest BCUT2D eigenvalue weighted by Crippen LogP contribution is -2.43. The van der Waals surface area contributed by atoms with Crippen LogP contribution in [-0.4, -0.2) is 59.1 Å². The van der Waals surface area contributed by atoms with E-state index in [1.165, 1.54) is 26.3 Å². The Hall–Kier alpha value is -2.78. The first kappa shape index (κ1) is 22.5. The van der Waals surface area contributed by atoms with E-state index in [-0.39, 0.29) is 24.1 Å². The molecule has 1 atom stereocenters. The summed E-state index contributed by atoms with van der Waals surface area (Å²) in [6, 6.07) is 12.8. The van der Waals surface area contributed by atoms with Gasteiger partial charge in [-0.15, -0.1) is 0 Å². The highest BCUT2D eigenvalue weighted by molar-refractivity contribution is 7.89. The quantitative estimate of drug-likeness (QED) is 0.629. The number of methoxy groups -OCH3 is 2. The fourth-order valence-electron chi connectivity index (χ4n) is 2.53. The van der Waals surface area contributed by atoms with E-state index in [9.17, 15) is 13.2 Å². The minimum atomic E-state index is -3.79. The minimum Gasteiger partial charge on any atom is -0.497 e. The molecule has 0 radical (unpaired) electrons. The highest BCUT2D eigenvalue weighted by atomic mass is 32.2. The molecule has 0 aliphatic rings. The van der Waals surface area contributed by atoms with E-state index in [4.69, 9.17) is 14.2 Å². The molecule has 29 heavy (non-hydrogen) atoms. The number of ether oxygens (including phenoxy) is 3. The molecule has 158 valence electrons. The molecule has 0 aliphatic heterocycles. The predicted octanol–water partition coefficient (Wildman–Crippen LogP) is 1.91. The van der Waals surface area contributed by atoms with E-state index in [0.717, 1.165) is 4.31 Å². The Balaban J connectivity index is 1.89. The number of nitrogens with zero attached hydrogens (tertiary/aromatic N) is 1. The Morgan fingerprint density at radius 1 is 1.03 bits per heavy atom. The van der Waals surface area contributed by atoms with Gasteiger partial charge in [0.2, 0.25) is 15.9 Å². The van der Waals surface area contributed by atoms with Crippen LogP contribution >= 0.6 is 0 Å². The third-order valence-electron chi connectivity index (χ3n) is 4.10. The molecule has 2 aromatic carbocycles. The largest absolute Gasteiger partial charge is 0.497 e. The number of amides is 1. The van der Waals surface area contributed by atoms with Gasteiger partial charge >= 0.3 is 0 Å². The van der Waals surface area contributed by atoms with Gasteiger partial charge in [-0.05, 0) is 43.3 Å². The van der Waals surface area contributed by atoms with Crippen LogP contribution in [0.2, 0.25) is 0 Å². The third-order valence-corrected chi connectivity index (χ3v) is 5.92. The van der Waals surface area contributed by atoms with Crippen molar-refractivity contribution in [3.05, 3.63) is 48.5 Å². The summed E-state index contributed by atoms with van der Waals surface area (Å²) in [5.41, 5.74) is 0. The second-order valence-electron chi connectivity index (χ2n) is 6.37. The first-order chi connectivity index (χ1) is 13.8. The van der Waals surface area contributed by atoms with Crippen LogP contribution in [0.4, 0.5) is 0 Å². The summed E-state index contributed by atoms with van der Waals surface area (Å²) in [6.45, 7) is 1.67. The number of rotatable bonds is 10. The fraction of sp³-hybridized carbons (Fsp3) is 0.350. The fourth-order valence-corrected chi connectivity index (χ4v) is 3.66. The Labute approximate surface area is 171 Å². The second-order valence-corrected chi connectivity index (χ2v) is 8.41. The van der Waals surface area contributed by atoms with Crippen molar-refractivity contribution in [3.8, 4) is 17.2 Å². The van der Waals surface area contributed by atoms with E-state index < -0.39 is 15.9 Å². The van der Waals surface area contributed by atoms with Crippen LogP contribution in [0.3, 0.4) is 0 Å². The van der Waals surface area contributed by atoms with Crippen molar-refractivity contribution in [1.29, 1.82) is 0 Å². The molecule has 2 aromatic rings. The molecule has 1 amide bonds. The normalized spacial score (nSPS) is 12.3. The highest BCUT2D eigenvalue weighted by Crippen LogP contribution is 2.25. The number of carbonyl (C=O) groups excluding carboxylic acids is 1. The zero-order chi connectivity index (χ0) is 21.4. The molecule has 0 aliphatic carbocycles. The smallest absolute Gasteiger partial charge is 0.243 e. The molecule has 0 aromatic heterocycles. The molecular weight excluding hydrogens is 396 g/mol. The SMILES string of the molecule is COc1ccc(S(=O)(=O)N(C)CC(=O)N[C@H](C)COc2ccccc2OC)cc1. The third kappa shape index (κ3) is 6.10. The van der Waals surface area contributed by atoms with Gasteiger partial charge in [-0.2, -0.15) is 4.31 Å². The lowest BCUT2D eigenvalue weighted by molar-refractivity contribution is -0.121. The standard InChI is InChI=1S/C20H26N2O6S/c1-15(14-28-19-8-6-5-7-18(19)27-4)21-20(23)13-22(2)29(24,25)17-11-9-16(26-3)10-12-17/h5-12,15H,13-14H2,1-4H3,(H,21,23)/t15-/m1/s1. The van der Waals surface area contributed by atoms with Crippen LogP contribution in [-0.2, 0) is 14.8 Å². The zero-order valence-electron chi connectivity index (χ0n) is 16.9. The number of hydrogen-bond donors (Lipinski definition) is 1. The monoisotopic (exact) mass is 422 g/mol. The molecule has 0 bridgehead atoms. The molecule has 8 nitrogen and oxygen atoms in total. The van der Waals surface area contributed by atoms with Crippen LogP contribution in [0.5, 0.6) is 17.2 Å². The van der Waals surface area contributed by atoms with Gasteiger partial charge in [0.15, 0.2) is 11.5 Å². The maximum atomic E-state index is 12.6. The summed E-state index contributed by atoms with van der Waals surface area (Å²) in [5, 5.41) is 2.73. The molecule has 0 unspecified atom stereocenters. The number of benzene rings is 2. The Morgan fingerprint density at radius 3 is 2.24 bits per heavy atom. The van der Waals surface area contributed by atoms with Crippen molar-refractivity contribution >= 4 is 15.9 Å². The Kier molecular flexibility index (Phi) is 7.86. The van der Waals surface area contributed by atoms with Crippen LogP contribution in [0.15, 0.2) is 53.4 Å². The average Bonchev–Trinajstić information content (AvgIpc) is 2.72. The molecule has 9 heteroatoms. The number of hydrogen-bond acceptors (Lipinski definition) is 6. The van der Waals surface area contributed by atoms with Crippen LogP contribution in [0.25, 0.3) is 0 Å². The average molecular weight is 423 g/mol. The van der Waals surface area contributed by atoms with Gasteiger partial charge in [0.1, 0.15) is 12.4 Å².